The van der Waals surface area contributed by atoms with E-state index in [1.54, 1.807) is 0 Å². The van der Waals surface area contributed by atoms with E-state index in [0.717, 1.165) is 44.7 Å². The molecular weight excluding hydrogens is 348 g/mol. The average Bonchev–Trinajstić information content (AvgIpc) is 3.26. The Balaban J connectivity index is 2.05. The van der Waals surface area contributed by atoms with E-state index in [1.807, 2.05) is 4.90 Å². The zero-order valence-electron chi connectivity index (χ0n) is 14.1. The fraction of sp³-hybridized carbons (Fsp3) is 0.688. The number of rotatable bonds is 5. The second-order valence-corrected chi connectivity index (χ2v) is 6.92. The van der Waals surface area contributed by atoms with Gasteiger partial charge >= 0.3 is 11.7 Å². The summed E-state index contributed by atoms with van der Waals surface area (Å²) in [6, 6.07) is -0.0554. The lowest BCUT2D eigenvalue weighted by Gasteiger charge is -2.37. The van der Waals surface area contributed by atoms with Crippen LogP contribution in [0.5, 0.6) is 0 Å². The van der Waals surface area contributed by atoms with Gasteiger partial charge in [0.15, 0.2) is 0 Å². The Kier molecular flexibility index (Phi) is 5.36. The predicted octanol–water partition coefficient (Wildman–Crippen LogP) is 3.13. The summed E-state index contributed by atoms with van der Waals surface area (Å²) in [5.74, 6) is -0.357. The number of nitro groups is 1. The Morgan fingerprint density at radius 2 is 2.04 bits per heavy atom. The monoisotopic (exact) mass is 368 g/mol. The van der Waals surface area contributed by atoms with Gasteiger partial charge in [-0.3, -0.25) is 14.9 Å². The molecule has 1 aromatic rings. The number of carbonyl (C=O) groups excluding carboxylic acids is 1. The number of esters is 1. The largest absolute Gasteiger partial charge is 0.469 e. The summed E-state index contributed by atoms with van der Waals surface area (Å²) in [6.45, 7) is 0. The van der Waals surface area contributed by atoms with Crippen molar-refractivity contribution in [3.8, 4) is 0 Å². The molecule has 0 bridgehead atoms. The van der Waals surface area contributed by atoms with E-state index >= 15 is 0 Å². The van der Waals surface area contributed by atoms with Crippen molar-refractivity contribution in [3.63, 3.8) is 0 Å². The van der Waals surface area contributed by atoms with Crippen LogP contribution in [0, 0.1) is 16.0 Å². The molecule has 0 aliphatic heterocycles. The van der Waals surface area contributed by atoms with E-state index in [-0.39, 0.29) is 40.8 Å². The number of ether oxygens (including phenoxy) is 1. The highest BCUT2D eigenvalue weighted by Crippen LogP contribution is 2.41. The fourth-order valence-corrected chi connectivity index (χ4v) is 4.28. The van der Waals surface area contributed by atoms with Gasteiger partial charge in [0.1, 0.15) is 6.20 Å². The van der Waals surface area contributed by atoms with Gasteiger partial charge in [-0.15, -0.1) is 0 Å². The molecular formula is C16H21ClN4O4. The second kappa shape index (κ2) is 7.51. The van der Waals surface area contributed by atoms with Crippen LogP contribution in [0.2, 0.25) is 5.28 Å². The highest BCUT2D eigenvalue weighted by atomic mass is 35.5. The molecule has 0 saturated heterocycles. The summed E-state index contributed by atoms with van der Waals surface area (Å²) in [5.41, 5.74) is -0.174. The molecule has 9 heteroatoms. The van der Waals surface area contributed by atoms with Crippen LogP contribution >= 0.6 is 11.6 Å². The maximum atomic E-state index is 12.2. The molecule has 2 aliphatic carbocycles. The SMILES string of the molecule is COC(=O)C1CCCC1N(c1nc(Cl)ncc1[N+](=O)[O-])C1CCCC1. The van der Waals surface area contributed by atoms with Gasteiger partial charge in [0.05, 0.1) is 18.0 Å². The molecule has 2 fully saturated rings. The number of anilines is 1. The summed E-state index contributed by atoms with van der Waals surface area (Å²) in [6.07, 6.45) is 7.47. The van der Waals surface area contributed by atoms with E-state index in [0.29, 0.717) is 6.42 Å². The van der Waals surface area contributed by atoms with Crippen molar-refractivity contribution in [2.75, 3.05) is 12.0 Å². The van der Waals surface area contributed by atoms with Crippen molar-refractivity contribution >= 4 is 29.1 Å². The van der Waals surface area contributed by atoms with Gasteiger partial charge < -0.3 is 9.64 Å². The molecule has 2 unspecified atom stereocenters. The molecule has 1 heterocycles. The van der Waals surface area contributed by atoms with Gasteiger partial charge in [-0.1, -0.05) is 19.3 Å². The number of methoxy groups -OCH3 is 1. The molecule has 0 aromatic carbocycles. The number of carbonyl (C=O) groups is 1. The predicted molar refractivity (Wildman–Crippen MR) is 91.6 cm³/mol. The zero-order valence-corrected chi connectivity index (χ0v) is 14.8. The van der Waals surface area contributed by atoms with Gasteiger partial charge in [0.25, 0.3) is 0 Å². The zero-order chi connectivity index (χ0) is 18.0. The molecule has 0 N–H and O–H groups in total. The van der Waals surface area contributed by atoms with E-state index in [9.17, 15) is 14.9 Å². The van der Waals surface area contributed by atoms with E-state index in [1.165, 1.54) is 7.11 Å². The third-order valence-electron chi connectivity index (χ3n) is 5.22. The first-order valence-electron chi connectivity index (χ1n) is 8.56. The van der Waals surface area contributed by atoms with Crippen molar-refractivity contribution in [2.24, 2.45) is 5.92 Å². The molecule has 3 rings (SSSR count). The first kappa shape index (κ1) is 17.8. The van der Waals surface area contributed by atoms with Gasteiger partial charge in [0.2, 0.25) is 11.1 Å². The lowest BCUT2D eigenvalue weighted by molar-refractivity contribution is -0.384. The summed E-state index contributed by atoms with van der Waals surface area (Å²) in [4.78, 5) is 33.1. The highest BCUT2D eigenvalue weighted by Gasteiger charge is 2.43. The van der Waals surface area contributed by atoms with Crippen LogP contribution in [0.4, 0.5) is 11.5 Å². The Hall–Kier alpha value is -1.96. The summed E-state index contributed by atoms with van der Waals surface area (Å²) in [7, 11) is 1.38. The van der Waals surface area contributed by atoms with Gasteiger partial charge in [-0.25, -0.2) is 4.98 Å². The van der Waals surface area contributed by atoms with Crippen LogP contribution in [0.1, 0.15) is 44.9 Å². The van der Waals surface area contributed by atoms with Crippen LogP contribution in [0.3, 0.4) is 0 Å². The maximum absolute atomic E-state index is 12.2. The minimum absolute atomic E-state index is 0.0313. The lowest BCUT2D eigenvalue weighted by Crippen LogP contribution is -2.47. The van der Waals surface area contributed by atoms with Crippen molar-refractivity contribution in [2.45, 2.75) is 57.0 Å². The van der Waals surface area contributed by atoms with Crippen LogP contribution in [-0.4, -0.2) is 40.1 Å². The highest BCUT2D eigenvalue weighted by molar-refractivity contribution is 6.28. The molecule has 136 valence electrons. The molecule has 2 aliphatic rings. The average molecular weight is 369 g/mol. The molecule has 0 radical (unpaired) electrons. The van der Waals surface area contributed by atoms with E-state index < -0.39 is 4.92 Å². The van der Waals surface area contributed by atoms with Crippen molar-refractivity contribution in [1.29, 1.82) is 0 Å². The molecule has 25 heavy (non-hydrogen) atoms. The fourth-order valence-electron chi connectivity index (χ4n) is 4.15. The Labute approximate surface area is 150 Å². The quantitative estimate of drug-likeness (QED) is 0.340. The van der Waals surface area contributed by atoms with Crippen molar-refractivity contribution in [1.82, 2.24) is 9.97 Å². The molecule has 0 spiro atoms. The van der Waals surface area contributed by atoms with Crippen LogP contribution < -0.4 is 4.90 Å². The Morgan fingerprint density at radius 3 is 2.68 bits per heavy atom. The third-order valence-corrected chi connectivity index (χ3v) is 5.40. The van der Waals surface area contributed by atoms with Gasteiger partial charge in [0, 0.05) is 12.1 Å². The topological polar surface area (TPSA) is 98.5 Å². The second-order valence-electron chi connectivity index (χ2n) is 6.58. The van der Waals surface area contributed by atoms with E-state index in [4.69, 9.17) is 16.3 Å². The van der Waals surface area contributed by atoms with Crippen LogP contribution in [0.25, 0.3) is 0 Å². The molecule has 0 amide bonds. The smallest absolute Gasteiger partial charge is 0.329 e. The normalized spacial score (nSPS) is 23.6. The summed E-state index contributed by atoms with van der Waals surface area (Å²) >= 11 is 5.94. The molecule has 1 aromatic heterocycles. The molecule has 8 nitrogen and oxygen atoms in total. The number of nitrogens with zero attached hydrogens (tertiary/aromatic N) is 4. The van der Waals surface area contributed by atoms with E-state index in [2.05, 4.69) is 9.97 Å². The standard InChI is InChI=1S/C16H21ClN4O4/c1-25-15(22)11-7-4-8-12(11)20(10-5-2-3-6-10)14-13(21(23)24)9-18-16(17)19-14/h9-12H,2-8H2,1H3. The number of halogens is 1. The third kappa shape index (κ3) is 3.53. The molecule has 2 saturated carbocycles. The summed E-state index contributed by atoms with van der Waals surface area (Å²) < 4.78 is 4.96. The Bertz CT molecular complexity index is 666. The Morgan fingerprint density at radius 1 is 1.32 bits per heavy atom. The first-order chi connectivity index (χ1) is 12.0. The van der Waals surface area contributed by atoms with Gasteiger partial charge in [-0.2, -0.15) is 4.98 Å². The first-order valence-corrected chi connectivity index (χ1v) is 8.93. The number of hydrogen-bond acceptors (Lipinski definition) is 7. The molecule has 2 atom stereocenters. The minimum Gasteiger partial charge on any atom is -0.469 e. The summed E-state index contributed by atoms with van der Waals surface area (Å²) in [5, 5.41) is 11.5. The van der Waals surface area contributed by atoms with Crippen LogP contribution in [-0.2, 0) is 9.53 Å². The van der Waals surface area contributed by atoms with Gasteiger partial charge in [-0.05, 0) is 37.3 Å². The number of aromatic nitrogens is 2. The van der Waals surface area contributed by atoms with Crippen LogP contribution in [0.15, 0.2) is 6.20 Å². The maximum Gasteiger partial charge on any atom is 0.329 e. The minimum atomic E-state index is -0.490. The van der Waals surface area contributed by atoms with Crippen molar-refractivity contribution in [3.05, 3.63) is 21.6 Å². The number of hydrogen-bond donors (Lipinski definition) is 0. The van der Waals surface area contributed by atoms with Crippen molar-refractivity contribution < 1.29 is 14.5 Å². The lowest BCUT2D eigenvalue weighted by atomic mass is 9.99.